The summed E-state index contributed by atoms with van der Waals surface area (Å²) < 4.78 is 5.30. The third-order valence-corrected chi connectivity index (χ3v) is 3.91. The van der Waals surface area contributed by atoms with E-state index in [1.54, 1.807) is 0 Å². The highest BCUT2D eigenvalue weighted by Gasteiger charge is 2.10. The molecule has 1 aromatic carbocycles. The van der Waals surface area contributed by atoms with Crippen molar-refractivity contribution in [3.05, 3.63) is 29.3 Å². The Balaban J connectivity index is 1.60. The fraction of sp³-hybridized carbons (Fsp3) is 0.588. The average molecular weight is 305 g/mol. The first-order valence-corrected chi connectivity index (χ1v) is 8.03. The van der Waals surface area contributed by atoms with Crippen molar-refractivity contribution in [3.63, 3.8) is 0 Å². The Morgan fingerprint density at radius 2 is 2.00 bits per heavy atom. The number of benzene rings is 1. The number of carbonyl (C=O) groups excluding carboxylic acids is 1. The van der Waals surface area contributed by atoms with Crippen LogP contribution in [0, 0.1) is 13.8 Å². The van der Waals surface area contributed by atoms with E-state index in [2.05, 4.69) is 47.6 Å². The maximum atomic E-state index is 11.8. The normalized spacial score (nSPS) is 15.5. The van der Waals surface area contributed by atoms with E-state index in [-0.39, 0.29) is 5.91 Å². The molecule has 1 fully saturated rings. The van der Waals surface area contributed by atoms with Crippen LogP contribution in [0.4, 0.5) is 5.69 Å². The molecule has 122 valence electrons. The molecule has 1 amide bonds. The van der Waals surface area contributed by atoms with Gasteiger partial charge in [0.15, 0.2) is 0 Å². The van der Waals surface area contributed by atoms with Crippen LogP contribution in [0.15, 0.2) is 18.2 Å². The topological polar surface area (TPSA) is 53.6 Å². The van der Waals surface area contributed by atoms with Gasteiger partial charge >= 0.3 is 0 Å². The minimum Gasteiger partial charge on any atom is -0.384 e. The van der Waals surface area contributed by atoms with Crippen LogP contribution in [0.1, 0.15) is 17.5 Å². The van der Waals surface area contributed by atoms with E-state index in [1.165, 1.54) is 11.1 Å². The van der Waals surface area contributed by atoms with Gasteiger partial charge < -0.3 is 15.4 Å². The summed E-state index contributed by atoms with van der Waals surface area (Å²) in [5.41, 5.74) is 3.54. The molecule has 0 spiro atoms. The number of ether oxygens (including phenoxy) is 1. The highest BCUT2D eigenvalue weighted by atomic mass is 16.5. The van der Waals surface area contributed by atoms with E-state index in [0.717, 1.165) is 38.5 Å². The number of anilines is 1. The van der Waals surface area contributed by atoms with Crippen molar-refractivity contribution in [2.75, 3.05) is 51.3 Å². The van der Waals surface area contributed by atoms with Gasteiger partial charge in [0.1, 0.15) is 0 Å². The number of carbonyl (C=O) groups is 1. The predicted molar refractivity (Wildman–Crippen MR) is 89.3 cm³/mol. The lowest BCUT2D eigenvalue weighted by Crippen LogP contribution is -2.41. The Bertz CT molecular complexity index is 485. The van der Waals surface area contributed by atoms with Crippen molar-refractivity contribution >= 4 is 11.6 Å². The molecule has 22 heavy (non-hydrogen) atoms. The molecule has 1 heterocycles. The summed E-state index contributed by atoms with van der Waals surface area (Å²) >= 11 is 0. The number of rotatable bonds is 7. The number of hydrogen-bond donors (Lipinski definition) is 2. The second-order valence-electron chi connectivity index (χ2n) is 5.80. The third-order valence-electron chi connectivity index (χ3n) is 3.91. The van der Waals surface area contributed by atoms with E-state index < -0.39 is 0 Å². The molecule has 2 rings (SSSR count). The van der Waals surface area contributed by atoms with E-state index in [1.807, 2.05) is 0 Å². The Labute approximate surface area is 133 Å². The molecule has 0 atom stereocenters. The highest BCUT2D eigenvalue weighted by Crippen LogP contribution is 2.15. The maximum absolute atomic E-state index is 11.8. The van der Waals surface area contributed by atoms with Crippen LogP contribution < -0.4 is 10.6 Å². The summed E-state index contributed by atoms with van der Waals surface area (Å²) in [5, 5.41) is 6.32. The van der Waals surface area contributed by atoms with Gasteiger partial charge in [0.25, 0.3) is 0 Å². The second kappa shape index (κ2) is 8.76. The lowest BCUT2D eigenvalue weighted by Gasteiger charge is -2.26. The molecule has 1 aliphatic heterocycles. The number of nitrogens with zero attached hydrogens (tertiary/aromatic N) is 1. The fourth-order valence-electron chi connectivity index (χ4n) is 2.50. The zero-order chi connectivity index (χ0) is 15.8. The van der Waals surface area contributed by atoms with Crippen molar-refractivity contribution in [2.45, 2.75) is 20.3 Å². The van der Waals surface area contributed by atoms with Crippen LogP contribution in [0.5, 0.6) is 0 Å². The van der Waals surface area contributed by atoms with Crippen molar-refractivity contribution in [3.8, 4) is 0 Å². The Morgan fingerprint density at radius 3 is 2.77 bits per heavy atom. The molecule has 5 heteroatoms. The third kappa shape index (κ3) is 5.66. The summed E-state index contributed by atoms with van der Waals surface area (Å²) in [6.45, 7) is 9.94. The van der Waals surface area contributed by atoms with Gasteiger partial charge in [-0.2, -0.15) is 0 Å². The molecule has 1 aromatic rings. The van der Waals surface area contributed by atoms with E-state index in [4.69, 9.17) is 4.74 Å². The molecule has 0 bridgehead atoms. The quantitative estimate of drug-likeness (QED) is 0.802. The smallest absolute Gasteiger partial charge is 0.221 e. The summed E-state index contributed by atoms with van der Waals surface area (Å²) in [7, 11) is 0. The molecule has 5 nitrogen and oxygen atoms in total. The van der Waals surface area contributed by atoms with Gasteiger partial charge in [-0.3, -0.25) is 9.69 Å². The lowest BCUT2D eigenvalue weighted by atomic mass is 10.1. The predicted octanol–water partition coefficient (Wildman–Crippen LogP) is 1.55. The minimum absolute atomic E-state index is 0.103. The standard InChI is InChI=1S/C17H27N3O2/c1-14-3-4-15(2)16(13-14)18-6-5-17(21)19-7-8-20-9-11-22-12-10-20/h3-4,13,18H,5-12H2,1-2H3,(H,19,21). The molecule has 1 saturated heterocycles. The minimum atomic E-state index is 0.103. The monoisotopic (exact) mass is 305 g/mol. The van der Waals surface area contributed by atoms with Crippen LogP contribution >= 0.6 is 0 Å². The van der Waals surface area contributed by atoms with Crippen molar-refractivity contribution in [1.29, 1.82) is 0 Å². The van der Waals surface area contributed by atoms with Gasteiger partial charge in [-0.1, -0.05) is 12.1 Å². The SMILES string of the molecule is Cc1ccc(C)c(NCCC(=O)NCCN2CCOCC2)c1. The molecule has 0 saturated carbocycles. The van der Waals surface area contributed by atoms with Gasteiger partial charge in [0.2, 0.25) is 5.91 Å². The molecule has 0 aliphatic carbocycles. The lowest BCUT2D eigenvalue weighted by molar-refractivity contribution is -0.120. The van der Waals surface area contributed by atoms with Crippen LogP contribution in [-0.2, 0) is 9.53 Å². The maximum Gasteiger partial charge on any atom is 0.221 e. The summed E-state index contributed by atoms with van der Waals surface area (Å²) in [6, 6.07) is 6.31. The van der Waals surface area contributed by atoms with Gasteiger partial charge in [-0.15, -0.1) is 0 Å². The van der Waals surface area contributed by atoms with Crippen LogP contribution in [0.25, 0.3) is 0 Å². The van der Waals surface area contributed by atoms with Crippen molar-refractivity contribution in [1.82, 2.24) is 10.2 Å². The molecule has 2 N–H and O–H groups in total. The van der Waals surface area contributed by atoms with Crippen molar-refractivity contribution in [2.24, 2.45) is 0 Å². The van der Waals surface area contributed by atoms with Crippen LogP contribution in [0.2, 0.25) is 0 Å². The number of nitrogens with one attached hydrogen (secondary N) is 2. The first kappa shape index (κ1) is 16.8. The average Bonchev–Trinajstić information content (AvgIpc) is 2.52. The summed E-state index contributed by atoms with van der Waals surface area (Å²) in [4.78, 5) is 14.2. The zero-order valence-corrected chi connectivity index (χ0v) is 13.7. The zero-order valence-electron chi connectivity index (χ0n) is 13.7. The van der Waals surface area contributed by atoms with Gasteiger partial charge in [-0.05, 0) is 31.0 Å². The Hall–Kier alpha value is -1.59. The van der Waals surface area contributed by atoms with Crippen LogP contribution in [-0.4, -0.2) is 56.7 Å². The number of amides is 1. The first-order chi connectivity index (χ1) is 10.6. The number of hydrogen-bond acceptors (Lipinski definition) is 4. The Kier molecular flexibility index (Phi) is 6.68. The number of morpholine rings is 1. The Morgan fingerprint density at radius 1 is 1.23 bits per heavy atom. The molecule has 0 unspecified atom stereocenters. The van der Waals surface area contributed by atoms with Crippen molar-refractivity contribution < 1.29 is 9.53 Å². The van der Waals surface area contributed by atoms with Gasteiger partial charge in [0.05, 0.1) is 13.2 Å². The van der Waals surface area contributed by atoms with E-state index >= 15 is 0 Å². The highest BCUT2D eigenvalue weighted by molar-refractivity contribution is 5.76. The summed E-state index contributed by atoms with van der Waals surface area (Å²) in [5.74, 6) is 0.103. The fourth-order valence-corrected chi connectivity index (χ4v) is 2.50. The molecule has 0 aromatic heterocycles. The second-order valence-corrected chi connectivity index (χ2v) is 5.80. The largest absolute Gasteiger partial charge is 0.384 e. The van der Waals surface area contributed by atoms with Gasteiger partial charge in [-0.25, -0.2) is 0 Å². The molecule has 0 radical (unpaired) electrons. The molecule has 1 aliphatic rings. The van der Waals surface area contributed by atoms with E-state index in [0.29, 0.717) is 19.5 Å². The first-order valence-electron chi connectivity index (χ1n) is 8.03. The van der Waals surface area contributed by atoms with Crippen LogP contribution in [0.3, 0.4) is 0 Å². The molecular formula is C17H27N3O2. The number of aryl methyl sites for hydroxylation is 2. The molecular weight excluding hydrogens is 278 g/mol. The van der Waals surface area contributed by atoms with E-state index in [9.17, 15) is 4.79 Å². The van der Waals surface area contributed by atoms with Gasteiger partial charge in [0, 0.05) is 44.8 Å². The summed E-state index contributed by atoms with van der Waals surface area (Å²) in [6.07, 6.45) is 0.497.